The molecule has 0 fully saturated rings. The summed E-state index contributed by atoms with van der Waals surface area (Å²) in [4.78, 5) is 12.3. The van der Waals surface area contributed by atoms with Crippen LogP contribution in [0.5, 0.6) is 11.5 Å². The van der Waals surface area contributed by atoms with Crippen molar-refractivity contribution >= 4 is 33.2 Å². The Morgan fingerprint density at radius 2 is 1.62 bits per heavy atom. The van der Waals surface area contributed by atoms with Crippen LogP contribution in [0.25, 0.3) is 0 Å². The molecule has 0 saturated carbocycles. The van der Waals surface area contributed by atoms with Crippen LogP contribution in [0.2, 0.25) is 5.02 Å². The minimum absolute atomic E-state index is 0.00779. The SMILES string of the molecule is N#Cc1cc(C#N)cc(Oc2cc(CC(=O)Nc3ccc(S(N)(=O)=O)cc3)ccc2Cl)c1. The second-order valence-electron chi connectivity index (χ2n) is 6.63. The van der Waals surface area contributed by atoms with E-state index in [1.807, 2.05) is 12.1 Å². The molecule has 3 aromatic carbocycles. The summed E-state index contributed by atoms with van der Waals surface area (Å²) in [5, 5.41) is 26.2. The molecule has 0 aliphatic rings. The number of primary sulfonamides is 1. The van der Waals surface area contributed by atoms with Crippen molar-refractivity contribution in [3.8, 4) is 23.6 Å². The number of nitrogens with two attached hydrogens (primary N) is 1. The van der Waals surface area contributed by atoms with Gasteiger partial charge in [-0.1, -0.05) is 17.7 Å². The lowest BCUT2D eigenvalue weighted by molar-refractivity contribution is -0.115. The molecule has 0 radical (unpaired) electrons. The van der Waals surface area contributed by atoms with E-state index in [9.17, 15) is 13.2 Å². The van der Waals surface area contributed by atoms with Crippen molar-refractivity contribution in [3.05, 3.63) is 82.4 Å². The first-order valence-corrected chi connectivity index (χ1v) is 10.9. The van der Waals surface area contributed by atoms with Crippen molar-refractivity contribution in [2.24, 2.45) is 5.14 Å². The van der Waals surface area contributed by atoms with E-state index < -0.39 is 10.0 Å². The van der Waals surface area contributed by atoms with Crippen LogP contribution in [-0.4, -0.2) is 14.3 Å². The zero-order valence-electron chi connectivity index (χ0n) is 16.4. The molecule has 0 bridgehead atoms. The highest BCUT2D eigenvalue weighted by molar-refractivity contribution is 7.89. The third-order valence-corrected chi connectivity index (χ3v) is 5.46. The van der Waals surface area contributed by atoms with Crippen LogP contribution < -0.4 is 15.2 Å². The van der Waals surface area contributed by atoms with Gasteiger partial charge in [-0.2, -0.15) is 10.5 Å². The van der Waals surface area contributed by atoms with Crippen LogP contribution in [0, 0.1) is 22.7 Å². The molecular formula is C22H15ClN4O4S. The maximum absolute atomic E-state index is 12.4. The molecule has 0 spiro atoms. The number of hydrogen-bond acceptors (Lipinski definition) is 6. The lowest BCUT2D eigenvalue weighted by atomic mass is 10.1. The van der Waals surface area contributed by atoms with E-state index in [-0.39, 0.29) is 44.9 Å². The van der Waals surface area contributed by atoms with E-state index in [2.05, 4.69) is 5.32 Å². The Morgan fingerprint density at radius 3 is 2.19 bits per heavy atom. The molecule has 0 aliphatic carbocycles. The third kappa shape index (κ3) is 5.84. The predicted octanol–water partition coefficient (Wildman–Crippen LogP) is 3.70. The summed E-state index contributed by atoms with van der Waals surface area (Å²) in [5.41, 5.74) is 1.53. The van der Waals surface area contributed by atoms with E-state index in [1.54, 1.807) is 18.2 Å². The lowest BCUT2D eigenvalue weighted by Crippen LogP contribution is -2.15. The number of sulfonamides is 1. The minimum atomic E-state index is -3.82. The van der Waals surface area contributed by atoms with Gasteiger partial charge in [0.2, 0.25) is 15.9 Å². The van der Waals surface area contributed by atoms with Gasteiger partial charge < -0.3 is 10.1 Å². The Hall–Kier alpha value is -3.89. The highest BCUT2D eigenvalue weighted by Crippen LogP contribution is 2.31. The molecule has 0 saturated heterocycles. The average molecular weight is 467 g/mol. The van der Waals surface area contributed by atoms with Crippen LogP contribution in [-0.2, 0) is 21.2 Å². The highest BCUT2D eigenvalue weighted by atomic mass is 35.5. The number of nitrogens with one attached hydrogen (secondary N) is 1. The maximum atomic E-state index is 12.4. The van der Waals surface area contributed by atoms with Crippen LogP contribution in [0.4, 0.5) is 5.69 Å². The molecule has 0 aromatic heterocycles. The molecule has 0 heterocycles. The number of amides is 1. The number of hydrogen-bond donors (Lipinski definition) is 2. The number of nitrogens with zero attached hydrogens (tertiary/aromatic N) is 2. The van der Waals surface area contributed by atoms with Gasteiger partial charge in [-0.25, -0.2) is 13.6 Å². The fourth-order valence-electron chi connectivity index (χ4n) is 2.77. The number of carbonyl (C=O) groups excluding carboxylic acids is 1. The van der Waals surface area contributed by atoms with E-state index in [0.717, 1.165) is 0 Å². The zero-order valence-corrected chi connectivity index (χ0v) is 17.9. The molecule has 1 amide bonds. The quantitative estimate of drug-likeness (QED) is 0.566. The molecule has 3 N–H and O–H groups in total. The Balaban J connectivity index is 1.74. The van der Waals surface area contributed by atoms with Crippen LogP contribution in [0.3, 0.4) is 0 Å². The van der Waals surface area contributed by atoms with Crippen molar-refractivity contribution in [1.82, 2.24) is 0 Å². The molecule has 32 heavy (non-hydrogen) atoms. The third-order valence-electron chi connectivity index (χ3n) is 4.22. The van der Waals surface area contributed by atoms with Gasteiger partial charge in [0.25, 0.3) is 0 Å². The zero-order chi connectivity index (χ0) is 23.3. The summed E-state index contributed by atoms with van der Waals surface area (Å²) in [7, 11) is -3.82. The number of anilines is 1. The summed E-state index contributed by atoms with van der Waals surface area (Å²) >= 11 is 6.20. The van der Waals surface area contributed by atoms with Crippen molar-refractivity contribution < 1.29 is 17.9 Å². The van der Waals surface area contributed by atoms with Crippen molar-refractivity contribution in [1.29, 1.82) is 10.5 Å². The van der Waals surface area contributed by atoms with Gasteiger partial charge in [-0.15, -0.1) is 0 Å². The van der Waals surface area contributed by atoms with Gasteiger partial charge in [0.05, 0.1) is 39.6 Å². The first-order chi connectivity index (χ1) is 15.2. The molecule has 8 nitrogen and oxygen atoms in total. The second kappa shape index (κ2) is 9.50. The van der Waals surface area contributed by atoms with E-state index >= 15 is 0 Å². The molecule has 3 aromatic rings. The normalized spacial score (nSPS) is 10.6. The summed E-state index contributed by atoms with van der Waals surface area (Å²) in [6.07, 6.45) is -0.00779. The summed E-state index contributed by atoms with van der Waals surface area (Å²) in [6, 6.07) is 18.6. The molecule has 0 atom stereocenters. The maximum Gasteiger partial charge on any atom is 0.238 e. The number of nitriles is 2. The number of ether oxygens (including phenoxy) is 1. The first kappa shape index (κ1) is 22.8. The van der Waals surface area contributed by atoms with Crippen LogP contribution in [0.15, 0.2) is 65.6 Å². The van der Waals surface area contributed by atoms with Gasteiger partial charge in [0, 0.05) is 5.69 Å². The standard InChI is InChI=1S/C22H15ClN4O4S/c23-20-6-1-14(10-21(20)31-18-8-15(12-24)7-16(9-18)13-25)11-22(28)27-17-2-4-19(5-3-17)32(26,29)30/h1-10H,11H2,(H,27,28)(H2,26,29,30). The summed E-state index contributed by atoms with van der Waals surface area (Å²) in [6.45, 7) is 0. The number of halogens is 1. The molecular weight excluding hydrogens is 452 g/mol. The van der Waals surface area contributed by atoms with Gasteiger partial charge >= 0.3 is 0 Å². The topological polar surface area (TPSA) is 146 Å². The summed E-state index contributed by atoms with van der Waals surface area (Å²) < 4.78 is 28.4. The van der Waals surface area contributed by atoms with E-state index in [0.29, 0.717) is 11.3 Å². The molecule has 3 rings (SSSR count). The Kier molecular flexibility index (Phi) is 6.76. The number of benzene rings is 3. The van der Waals surface area contributed by atoms with Crippen molar-refractivity contribution in [3.63, 3.8) is 0 Å². The van der Waals surface area contributed by atoms with Gasteiger partial charge in [0.15, 0.2) is 0 Å². The van der Waals surface area contributed by atoms with Crippen molar-refractivity contribution in [2.45, 2.75) is 11.3 Å². The number of rotatable bonds is 6. The second-order valence-corrected chi connectivity index (χ2v) is 8.60. The monoisotopic (exact) mass is 466 g/mol. The highest BCUT2D eigenvalue weighted by Gasteiger charge is 2.11. The fraction of sp³-hybridized carbons (Fsp3) is 0.0455. The van der Waals surface area contributed by atoms with Crippen molar-refractivity contribution in [2.75, 3.05) is 5.32 Å². The molecule has 10 heteroatoms. The minimum Gasteiger partial charge on any atom is -0.456 e. The van der Waals surface area contributed by atoms with Crippen LogP contribution in [0.1, 0.15) is 16.7 Å². The predicted molar refractivity (Wildman–Crippen MR) is 118 cm³/mol. The smallest absolute Gasteiger partial charge is 0.238 e. The lowest BCUT2D eigenvalue weighted by Gasteiger charge is -2.11. The van der Waals surface area contributed by atoms with E-state index in [1.165, 1.54) is 42.5 Å². The largest absolute Gasteiger partial charge is 0.456 e. The molecule has 0 aliphatic heterocycles. The Bertz CT molecular complexity index is 1340. The fourth-order valence-corrected chi connectivity index (χ4v) is 3.44. The number of carbonyl (C=O) groups is 1. The summed E-state index contributed by atoms with van der Waals surface area (Å²) in [5.74, 6) is 0.173. The Labute approximate surface area is 189 Å². The van der Waals surface area contributed by atoms with Gasteiger partial charge in [-0.3, -0.25) is 4.79 Å². The molecule has 0 unspecified atom stereocenters. The average Bonchev–Trinajstić information content (AvgIpc) is 2.75. The van der Waals surface area contributed by atoms with Gasteiger partial charge in [0.1, 0.15) is 11.5 Å². The molecule has 160 valence electrons. The van der Waals surface area contributed by atoms with Crippen LogP contribution >= 0.6 is 11.6 Å². The Morgan fingerprint density at radius 1 is 1.00 bits per heavy atom. The van der Waals surface area contributed by atoms with Gasteiger partial charge in [-0.05, 0) is 60.2 Å². The first-order valence-electron chi connectivity index (χ1n) is 9.02. The van der Waals surface area contributed by atoms with E-state index in [4.69, 9.17) is 32.0 Å².